The van der Waals surface area contributed by atoms with E-state index in [0.29, 0.717) is 18.9 Å². The smallest absolute Gasteiger partial charge is 0.360 e. The molecule has 0 unspecified atom stereocenters. The highest BCUT2D eigenvalue weighted by Crippen LogP contribution is 2.22. The highest BCUT2D eigenvalue weighted by atomic mass is 16.6. The fourth-order valence-electron chi connectivity index (χ4n) is 1.86. The largest absolute Gasteiger partial charge is 0.406 e. The molecule has 1 aromatic heterocycles. The van der Waals surface area contributed by atoms with Gasteiger partial charge in [0.25, 0.3) is 0 Å². The molecule has 0 amide bonds. The first-order valence-electron chi connectivity index (χ1n) is 5.80. The van der Waals surface area contributed by atoms with Crippen LogP contribution in [0.5, 0.6) is 0 Å². The van der Waals surface area contributed by atoms with Crippen LogP contribution in [0.25, 0.3) is 0 Å². The number of nitro groups is 1. The summed E-state index contributed by atoms with van der Waals surface area (Å²) in [6.07, 6.45) is 1.41. The van der Waals surface area contributed by atoms with Crippen LogP contribution in [0.2, 0.25) is 0 Å². The van der Waals surface area contributed by atoms with E-state index < -0.39 is 4.92 Å². The van der Waals surface area contributed by atoms with Gasteiger partial charge in [0.1, 0.15) is 0 Å². The Balaban J connectivity index is 2.19. The van der Waals surface area contributed by atoms with Gasteiger partial charge in [-0.15, -0.1) is 0 Å². The second kappa shape index (κ2) is 5.49. The molecule has 100 valence electrons. The Morgan fingerprint density at radius 2 is 2.11 bits per heavy atom. The van der Waals surface area contributed by atoms with E-state index in [1.165, 1.54) is 6.33 Å². The predicted octanol–water partition coefficient (Wildman–Crippen LogP) is 1.40. The maximum atomic E-state index is 10.8. The van der Waals surface area contributed by atoms with Crippen LogP contribution in [-0.2, 0) is 20.1 Å². The molecule has 0 saturated carbocycles. The predicted molar refractivity (Wildman–Crippen MR) is 71.5 cm³/mol. The van der Waals surface area contributed by atoms with Crippen molar-refractivity contribution in [2.24, 2.45) is 12.8 Å². The molecule has 7 heteroatoms. The first-order chi connectivity index (χ1) is 9.13. The third kappa shape index (κ3) is 2.71. The number of nitrogens with two attached hydrogens (primary N) is 1. The normalized spacial score (nSPS) is 10.4. The molecule has 0 aliphatic rings. The van der Waals surface area contributed by atoms with Gasteiger partial charge in [0.2, 0.25) is 12.1 Å². The molecule has 3 N–H and O–H groups in total. The molecule has 0 radical (unpaired) electrons. The van der Waals surface area contributed by atoms with Crippen LogP contribution in [0, 0.1) is 10.1 Å². The van der Waals surface area contributed by atoms with Gasteiger partial charge in [0.05, 0.1) is 0 Å². The second-order valence-electron chi connectivity index (χ2n) is 4.11. The van der Waals surface area contributed by atoms with Crippen molar-refractivity contribution in [3.8, 4) is 0 Å². The zero-order valence-corrected chi connectivity index (χ0v) is 10.5. The lowest BCUT2D eigenvalue weighted by Gasteiger charge is -2.09. The first-order valence-corrected chi connectivity index (χ1v) is 5.80. The summed E-state index contributed by atoms with van der Waals surface area (Å²) in [5, 5.41) is 13.9. The molecule has 19 heavy (non-hydrogen) atoms. The fraction of sp³-hybridized carbons (Fsp3) is 0.250. The van der Waals surface area contributed by atoms with Crippen LogP contribution in [0.15, 0.2) is 30.6 Å². The van der Waals surface area contributed by atoms with E-state index in [0.717, 1.165) is 11.1 Å². The number of imidazole rings is 1. The van der Waals surface area contributed by atoms with Gasteiger partial charge in [-0.2, -0.15) is 0 Å². The maximum absolute atomic E-state index is 10.8. The molecule has 1 heterocycles. The lowest BCUT2D eigenvalue weighted by atomic mass is 10.1. The number of nitrogens with one attached hydrogen (secondary N) is 1. The molecule has 0 fully saturated rings. The molecule has 0 aliphatic carbocycles. The van der Waals surface area contributed by atoms with E-state index >= 15 is 0 Å². The van der Waals surface area contributed by atoms with Crippen molar-refractivity contribution in [3.63, 3.8) is 0 Å². The lowest BCUT2D eigenvalue weighted by Crippen LogP contribution is -2.09. The van der Waals surface area contributed by atoms with Crippen molar-refractivity contribution >= 4 is 11.6 Å². The summed E-state index contributed by atoms with van der Waals surface area (Å²) < 4.78 is 1.59. The molecular formula is C12H15N5O2. The van der Waals surface area contributed by atoms with Crippen molar-refractivity contribution in [2.45, 2.75) is 13.1 Å². The molecule has 0 atom stereocenters. The number of benzene rings is 1. The summed E-state index contributed by atoms with van der Waals surface area (Å²) >= 11 is 0. The van der Waals surface area contributed by atoms with Gasteiger partial charge in [-0.3, -0.25) is 4.57 Å². The van der Waals surface area contributed by atoms with E-state index in [1.807, 2.05) is 24.3 Å². The van der Waals surface area contributed by atoms with Crippen LogP contribution in [0.4, 0.5) is 11.6 Å². The lowest BCUT2D eigenvalue weighted by molar-refractivity contribution is -0.388. The summed E-state index contributed by atoms with van der Waals surface area (Å²) in [6.45, 7) is 0.902. The van der Waals surface area contributed by atoms with Gasteiger partial charge in [-0.25, -0.2) is 0 Å². The van der Waals surface area contributed by atoms with Crippen LogP contribution in [0.1, 0.15) is 11.1 Å². The molecular weight excluding hydrogens is 246 g/mol. The number of hydrogen-bond donors (Lipinski definition) is 2. The number of hydrogen-bond acceptors (Lipinski definition) is 5. The zero-order chi connectivity index (χ0) is 13.8. The van der Waals surface area contributed by atoms with Crippen molar-refractivity contribution < 1.29 is 4.92 Å². The number of rotatable bonds is 5. The zero-order valence-electron chi connectivity index (χ0n) is 10.5. The first kappa shape index (κ1) is 13.0. The quantitative estimate of drug-likeness (QED) is 0.626. The average molecular weight is 261 g/mol. The molecule has 1 aromatic carbocycles. The average Bonchev–Trinajstić information content (AvgIpc) is 2.78. The Labute approximate surface area is 110 Å². The van der Waals surface area contributed by atoms with Gasteiger partial charge < -0.3 is 21.2 Å². The van der Waals surface area contributed by atoms with Gasteiger partial charge in [-0.1, -0.05) is 24.3 Å². The monoisotopic (exact) mass is 261 g/mol. The van der Waals surface area contributed by atoms with Crippen molar-refractivity contribution in [1.29, 1.82) is 0 Å². The summed E-state index contributed by atoms with van der Waals surface area (Å²) in [7, 11) is 1.71. The van der Waals surface area contributed by atoms with Crippen LogP contribution in [0.3, 0.4) is 0 Å². The topological polar surface area (TPSA) is 99.0 Å². The summed E-state index contributed by atoms with van der Waals surface area (Å²) in [6, 6.07) is 7.71. The molecule has 0 saturated heterocycles. The van der Waals surface area contributed by atoms with Gasteiger partial charge in [-0.05, 0) is 21.0 Å². The number of nitrogens with zero attached hydrogens (tertiary/aromatic N) is 3. The SMILES string of the molecule is Cn1cnc([N+](=O)[O-])c1NCc1ccccc1CN. The number of aryl methyl sites for hydroxylation is 1. The van der Waals surface area contributed by atoms with E-state index in [-0.39, 0.29) is 5.82 Å². The minimum Gasteiger partial charge on any atom is -0.360 e. The maximum Gasteiger partial charge on any atom is 0.406 e. The van der Waals surface area contributed by atoms with Crippen LogP contribution >= 0.6 is 0 Å². The van der Waals surface area contributed by atoms with E-state index in [2.05, 4.69) is 10.3 Å². The third-order valence-corrected chi connectivity index (χ3v) is 2.88. The Bertz CT molecular complexity index is 594. The summed E-state index contributed by atoms with van der Waals surface area (Å²) in [5.41, 5.74) is 7.68. The number of aromatic nitrogens is 2. The minimum absolute atomic E-state index is 0.173. The number of anilines is 1. The molecule has 2 aromatic rings. The van der Waals surface area contributed by atoms with Crippen molar-refractivity contribution in [1.82, 2.24) is 9.55 Å². The molecule has 0 aliphatic heterocycles. The Morgan fingerprint density at radius 1 is 1.42 bits per heavy atom. The molecule has 7 nitrogen and oxygen atoms in total. The summed E-state index contributed by atoms with van der Waals surface area (Å²) in [4.78, 5) is 14.1. The highest BCUT2D eigenvalue weighted by Gasteiger charge is 2.19. The second-order valence-corrected chi connectivity index (χ2v) is 4.11. The van der Waals surface area contributed by atoms with Gasteiger partial charge in [0, 0.05) is 20.1 Å². The summed E-state index contributed by atoms with van der Waals surface area (Å²) in [5.74, 6) is 0.213. The van der Waals surface area contributed by atoms with E-state index in [9.17, 15) is 10.1 Å². The van der Waals surface area contributed by atoms with Gasteiger partial charge in [0.15, 0.2) is 0 Å². The molecule has 0 spiro atoms. The van der Waals surface area contributed by atoms with Crippen molar-refractivity contribution in [2.75, 3.05) is 5.32 Å². The molecule has 2 rings (SSSR count). The minimum atomic E-state index is -0.503. The highest BCUT2D eigenvalue weighted by molar-refractivity contribution is 5.52. The third-order valence-electron chi connectivity index (χ3n) is 2.88. The van der Waals surface area contributed by atoms with Crippen LogP contribution in [-0.4, -0.2) is 14.5 Å². The van der Waals surface area contributed by atoms with Gasteiger partial charge >= 0.3 is 5.82 Å². The Kier molecular flexibility index (Phi) is 3.76. The van der Waals surface area contributed by atoms with Crippen molar-refractivity contribution in [3.05, 3.63) is 51.8 Å². The Hall–Kier alpha value is -2.41. The molecule has 0 bridgehead atoms. The van der Waals surface area contributed by atoms with Crippen LogP contribution < -0.4 is 11.1 Å². The standard InChI is InChI=1S/C12H15N5O2/c1-16-8-15-12(17(18)19)11(16)14-7-10-5-3-2-4-9(10)6-13/h2-5,8,14H,6-7,13H2,1H3. The fourth-order valence-corrected chi connectivity index (χ4v) is 1.86. The van der Waals surface area contributed by atoms with E-state index in [1.54, 1.807) is 11.6 Å². The Morgan fingerprint density at radius 3 is 2.74 bits per heavy atom. The van der Waals surface area contributed by atoms with E-state index in [4.69, 9.17) is 5.73 Å².